The van der Waals surface area contributed by atoms with Gasteiger partial charge < -0.3 is 10.1 Å². The van der Waals surface area contributed by atoms with Crippen molar-refractivity contribution >= 4 is 5.91 Å². The molecule has 3 rings (SSSR count). The zero-order chi connectivity index (χ0) is 14.5. The highest BCUT2D eigenvalue weighted by Crippen LogP contribution is 2.26. The lowest BCUT2D eigenvalue weighted by Crippen LogP contribution is -2.37. The maximum atomic E-state index is 12.2. The van der Waals surface area contributed by atoms with E-state index >= 15 is 0 Å². The first-order valence-corrected chi connectivity index (χ1v) is 7.99. The first kappa shape index (κ1) is 14.2. The van der Waals surface area contributed by atoms with Crippen LogP contribution in [0, 0.1) is 5.92 Å². The van der Waals surface area contributed by atoms with E-state index in [9.17, 15) is 4.79 Å². The number of para-hydroxylation sites is 1. The van der Waals surface area contributed by atoms with E-state index < -0.39 is 0 Å². The molecule has 0 aromatic heterocycles. The fraction of sp³-hybridized carbons (Fsp3) is 0.500. The fourth-order valence-corrected chi connectivity index (χ4v) is 3.12. The average Bonchev–Trinajstić information content (AvgIpc) is 2.55. The van der Waals surface area contributed by atoms with Gasteiger partial charge in [-0.3, -0.25) is 4.79 Å². The van der Waals surface area contributed by atoms with Gasteiger partial charge in [0.15, 0.2) is 0 Å². The molecule has 0 bridgehead atoms. The standard InChI is InChI=1S/C18H23NO2/c20-18(19-11-10-14-6-2-1-3-7-14)16-12-15-8-4-5-9-17(15)21-13-16/h4-6,8-9,16H,1-3,7,10-13H2,(H,19,20)/t16-/m1/s1. The van der Waals surface area contributed by atoms with Crippen molar-refractivity contribution in [3.63, 3.8) is 0 Å². The first-order valence-electron chi connectivity index (χ1n) is 7.99. The summed E-state index contributed by atoms with van der Waals surface area (Å²) >= 11 is 0. The van der Waals surface area contributed by atoms with Crippen molar-refractivity contribution in [3.8, 4) is 5.75 Å². The van der Waals surface area contributed by atoms with E-state index in [1.807, 2.05) is 24.3 Å². The lowest BCUT2D eigenvalue weighted by atomic mass is 9.95. The number of ether oxygens (including phenoxy) is 1. The van der Waals surface area contributed by atoms with Crippen LogP contribution in [0.5, 0.6) is 5.75 Å². The molecule has 1 aliphatic heterocycles. The zero-order valence-electron chi connectivity index (χ0n) is 12.4. The van der Waals surface area contributed by atoms with E-state index in [2.05, 4.69) is 11.4 Å². The molecule has 1 aromatic carbocycles. The number of rotatable bonds is 4. The number of hydrogen-bond donors (Lipinski definition) is 1. The van der Waals surface area contributed by atoms with E-state index in [1.54, 1.807) is 0 Å². The van der Waals surface area contributed by atoms with Gasteiger partial charge in [0, 0.05) is 6.54 Å². The van der Waals surface area contributed by atoms with Crippen LogP contribution in [-0.2, 0) is 11.2 Å². The summed E-state index contributed by atoms with van der Waals surface area (Å²) in [5, 5.41) is 3.07. The molecule has 3 nitrogen and oxygen atoms in total. The second-order valence-electron chi connectivity index (χ2n) is 5.97. The maximum absolute atomic E-state index is 12.2. The summed E-state index contributed by atoms with van der Waals surface area (Å²) in [4.78, 5) is 12.2. The fourth-order valence-electron chi connectivity index (χ4n) is 3.12. The number of benzene rings is 1. The van der Waals surface area contributed by atoms with Gasteiger partial charge >= 0.3 is 0 Å². The Balaban J connectivity index is 1.47. The van der Waals surface area contributed by atoms with Crippen molar-refractivity contribution in [2.75, 3.05) is 13.2 Å². The second-order valence-corrected chi connectivity index (χ2v) is 5.97. The molecule has 0 saturated carbocycles. The third-order valence-electron chi connectivity index (χ3n) is 4.38. The van der Waals surface area contributed by atoms with E-state index in [1.165, 1.54) is 31.3 Å². The Bertz CT molecular complexity index is 536. The van der Waals surface area contributed by atoms with Gasteiger partial charge in [0.05, 0.1) is 5.92 Å². The molecule has 1 N–H and O–H groups in total. The largest absolute Gasteiger partial charge is 0.492 e. The summed E-state index contributed by atoms with van der Waals surface area (Å²) < 4.78 is 5.68. The molecule has 1 aromatic rings. The summed E-state index contributed by atoms with van der Waals surface area (Å²) in [5.41, 5.74) is 2.64. The summed E-state index contributed by atoms with van der Waals surface area (Å²) in [6.07, 6.45) is 9.14. The van der Waals surface area contributed by atoms with Crippen molar-refractivity contribution in [3.05, 3.63) is 41.5 Å². The molecule has 0 spiro atoms. The molecule has 0 saturated heterocycles. The van der Waals surface area contributed by atoms with Crippen molar-refractivity contribution in [1.29, 1.82) is 0 Å². The zero-order valence-corrected chi connectivity index (χ0v) is 12.4. The van der Waals surface area contributed by atoms with Crippen molar-refractivity contribution < 1.29 is 9.53 Å². The molecule has 21 heavy (non-hydrogen) atoms. The number of carbonyl (C=O) groups is 1. The minimum Gasteiger partial charge on any atom is -0.492 e. The summed E-state index contributed by atoms with van der Waals surface area (Å²) in [5.74, 6) is 0.995. The number of nitrogens with one attached hydrogen (secondary N) is 1. The molecule has 2 aliphatic rings. The molecule has 112 valence electrons. The summed E-state index contributed by atoms with van der Waals surface area (Å²) in [6.45, 7) is 1.24. The lowest BCUT2D eigenvalue weighted by molar-refractivity contribution is -0.126. The quantitative estimate of drug-likeness (QED) is 0.862. The Kier molecular flexibility index (Phi) is 4.59. The third-order valence-corrected chi connectivity index (χ3v) is 4.38. The molecule has 3 heteroatoms. The summed E-state index contributed by atoms with van der Waals surface area (Å²) in [7, 11) is 0. The minimum absolute atomic E-state index is 0.0553. The maximum Gasteiger partial charge on any atom is 0.226 e. The van der Waals surface area contributed by atoms with Gasteiger partial charge in [0.25, 0.3) is 0 Å². The number of fused-ring (bicyclic) bond motifs is 1. The second kappa shape index (κ2) is 6.79. The Labute approximate surface area is 126 Å². The lowest BCUT2D eigenvalue weighted by Gasteiger charge is -2.24. The molecule has 0 unspecified atom stereocenters. The van der Waals surface area contributed by atoms with E-state index in [0.29, 0.717) is 6.61 Å². The number of carbonyl (C=O) groups excluding carboxylic acids is 1. The SMILES string of the molecule is O=C(NCCC1=CCCCC1)[C@H]1COc2ccccc2C1. The predicted octanol–water partition coefficient (Wildman–Crippen LogP) is 3.24. The van der Waals surface area contributed by atoms with Crippen LogP contribution in [0.4, 0.5) is 0 Å². The first-order chi connectivity index (χ1) is 10.3. The highest BCUT2D eigenvalue weighted by atomic mass is 16.5. The van der Waals surface area contributed by atoms with Crippen LogP contribution in [0.2, 0.25) is 0 Å². The number of hydrogen-bond acceptors (Lipinski definition) is 2. The predicted molar refractivity (Wildman–Crippen MR) is 83.3 cm³/mol. The van der Waals surface area contributed by atoms with Crippen LogP contribution < -0.4 is 10.1 Å². The van der Waals surface area contributed by atoms with Crippen LogP contribution in [0.15, 0.2) is 35.9 Å². The highest BCUT2D eigenvalue weighted by molar-refractivity contribution is 5.79. The van der Waals surface area contributed by atoms with Crippen LogP contribution in [0.3, 0.4) is 0 Å². The molecule has 1 amide bonds. The van der Waals surface area contributed by atoms with E-state index in [-0.39, 0.29) is 11.8 Å². The molecule has 1 atom stereocenters. The normalized spacial score (nSPS) is 21.0. The molecule has 1 heterocycles. The molecular weight excluding hydrogens is 262 g/mol. The van der Waals surface area contributed by atoms with Gasteiger partial charge in [-0.25, -0.2) is 0 Å². The topological polar surface area (TPSA) is 38.3 Å². The van der Waals surface area contributed by atoms with Crippen molar-refractivity contribution in [2.24, 2.45) is 5.92 Å². The van der Waals surface area contributed by atoms with Crippen molar-refractivity contribution in [1.82, 2.24) is 5.32 Å². The van der Waals surface area contributed by atoms with Crippen LogP contribution in [0.25, 0.3) is 0 Å². The van der Waals surface area contributed by atoms with Crippen molar-refractivity contribution in [2.45, 2.75) is 38.5 Å². The number of allylic oxidation sites excluding steroid dienone is 1. The minimum atomic E-state index is -0.0553. The Morgan fingerprint density at radius 1 is 1.29 bits per heavy atom. The van der Waals surface area contributed by atoms with Gasteiger partial charge in [-0.15, -0.1) is 0 Å². The monoisotopic (exact) mass is 285 g/mol. The molecule has 1 aliphatic carbocycles. The van der Waals surface area contributed by atoms with E-state index in [0.717, 1.165) is 30.7 Å². The number of amides is 1. The highest BCUT2D eigenvalue weighted by Gasteiger charge is 2.25. The van der Waals surface area contributed by atoms with Gasteiger partial charge in [-0.1, -0.05) is 29.8 Å². The Morgan fingerprint density at radius 3 is 3.05 bits per heavy atom. The smallest absolute Gasteiger partial charge is 0.226 e. The Hall–Kier alpha value is -1.77. The van der Waals surface area contributed by atoms with Crippen LogP contribution in [-0.4, -0.2) is 19.1 Å². The molecule has 0 radical (unpaired) electrons. The Morgan fingerprint density at radius 2 is 2.19 bits per heavy atom. The average molecular weight is 285 g/mol. The van der Waals surface area contributed by atoms with Gasteiger partial charge in [0.2, 0.25) is 5.91 Å². The summed E-state index contributed by atoms with van der Waals surface area (Å²) in [6, 6.07) is 7.98. The van der Waals surface area contributed by atoms with Crippen LogP contribution in [0.1, 0.15) is 37.7 Å². The molecular formula is C18H23NO2. The van der Waals surface area contributed by atoms with Gasteiger partial charge in [-0.05, 0) is 50.2 Å². The van der Waals surface area contributed by atoms with E-state index in [4.69, 9.17) is 4.74 Å². The van der Waals surface area contributed by atoms with Gasteiger partial charge in [-0.2, -0.15) is 0 Å². The van der Waals surface area contributed by atoms with Crippen LogP contribution >= 0.6 is 0 Å². The van der Waals surface area contributed by atoms with Gasteiger partial charge in [0.1, 0.15) is 12.4 Å². The molecule has 0 fully saturated rings. The third kappa shape index (κ3) is 3.66.